The summed E-state index contributed by atoms with van der Waals surface area (Å²) in [6.07, 6.45) is -0.671. The molecule has 1 aliphatic heterocycles. The number of aliphatic carboxylic acids is 1. The first-order chi connectivity index (χ1) is 12.3. The van der Waals surface area contributed by atoms with Crippen LogP contribution in [-0.2, 0) is 19.6 Å². The maximum absolute atomic E-state index is 13.0. The van der Waals surface area contributed by atoms with E-state index >= 15 is 0 Å². The van der Waals surface area contributed by atoms with E-state index in [-0.39, 0.29) is 24.5 Å². The van der Waals surface area contributed by atoms with Gasteiger partial charge in [0.05, 0.1) is 11.4 Å². The predicted octanol–water partition coefficient (Wildman–Crippen LogP) is 2.53. The number of carboxylic acids is 1. The number of sulfonamides is 1. The second kappa shape index (κ2) is 7.40. The number of benzene rings is 1. The van der Waals surface area contributed by atoms with E-state index in [1.807, 2.05) is 0 Å². The number of carboxylic acid groups (broad SMARTS) is 1. The highest BCUT2D eigenvalue weighted by atomic mass is 79.9. The summed E-state index contributed by atoms with van der Waals surface area (Å²) in [5.41, 5.74) is -2.56. The summed E-state index contributed by atoms with van der Waals surface area (Å²) < 4.78 is 33.0. The molecule has 0 saturated carbocycles. The van der Waals surface area contributed by atoms with Gasteiger partial charge in [0.25, 0.3) is 0 Å². The summed E-state index contributed by atoms with van der Waals surface area (Å²) in [6.45, 7) is 5.98. The highest BCUT2D eigenvalue weighted by molar-refractivity contribution is 9.10. The first-order valence-corrected chi connectivity index (χ1v) is 10.5. The van der Waals surface area contributed by atoms with E-state index in [4.69, 9.17) is 4.74 Å². The molecule has 0 bridgehead atoms. The molecule has 0 spiro atoms. The second-order valence-corrected chi connectivity index (χ2v) is 10.3. The van der Waals surface area contributed by atoms with Gasteiger partial charge in [-0.2, -0.15) is 4.31 Å². The smallest absolute Gasteiger partial charge is 0.410 e. The molecule has 150 valence electrons. The zero-order chi connectivity index (χ0) is 20.6. The van der Waals surface area contributed by atoms with Crippen molar-refractivity contribution in [1.82, 2.24) is 9.21 Å². The van der Waals surface area contributed by atoms with Crippen LogP contribution < -0.4 is 0 Å². The van der Waals surface area contributed by atoms with E-state index < -0.39 is 33.2 Å². The number of piperazine rings is 1. The Labute approximate surface area is 167 Å². The molecule has 1 amide bonds. The third-order valence-corrected chi connectivity index (χ3v) is 6.70. The fraction of sp³-hybridized carbons (Fsp3) is 0.529. The number of carbonyl (C=O) groups is 2. The van der Waals surface area contributed by atoms with Crippen molar-refractivity contribution in [3.63, 3.8) is 0 Å². The van der Waals surface area contributed by atoms with Crippen LogP contribution in [0.1, 0.15) is 27.7 Å². The van der Waals surface area contributed by atoms with Crippen LogP contribution in [0.3, 0.4) is 0 Å². The Morgan fingerprint density at radius 3 is 2.22 bits per heavy atom. The Kier molecular flexibility index (Phi) is 5.93. The highest BCUT2D eigenvalue weighted by Gasteiger charge is 2.51. The zero-order valence-electron chi connectivity index (χ0n) is 15.6. The predicted molar refractivity (Wildman–Crippen MR) is 102 cm³/mol. The van der Waals surface area contributed by atoms with Crippen LogP contribution in [0.4, 0.5) is 4.79 Å². The van der Waals surface area contributed by atoms with Gasteiger partial charge in [0.15, 0.2) is 0 Å². The molecule has 8 nitrogen and oxygen atoms in total. The molecule has 1 heterocycles. The molecule has 0 aliphatic carbocycles. The highest BCUT2D eigenvalue weighted by Crippen LogP contribution is 2.30. The molecule has 1 unspecified atom stereocenters. The van der Waals surface area contributed by atoms with E-state index in [9.17, 15) is 23.1 Å². The Bertz CT molecular complexity index is 834. The normalized spacial score (nSPS) is 21.7. The van der Waals surface area contributed by atoms with E-state index in [2.05, 4.69) is 15.9 Å². The molecule has 1 N–H and O–H groups in total. The number of halogens is 1. The molecule has 27 heavy (non-hydrogen) atoms. The van der Waals surface area contributed by atoms with E-state index in [0.717, 1.165) is 4.31 Å². The van der Waals surface area contributed by atoms with Crippen molar-refractivity contribution in [2.75, 3.05) is 19.6 Å². The van der Waals surface area contributed by atoms with Crippen LogP contribution >= 0.6 is 15.9 Å². The van der Waals surface area contributed by atoms with Crippen LogP contribution in [0.25, 0.3) is 0 Å². The number of ether oxygens (including phenoxy) is 1. The van der Waals surface area contributed by atoms with Crippen molar-refractivity contribution in [1.29, 1.82) is 0 Å². The Balaban J connectivity index is 2.35. The summed E-state index contributed by atoms with van der Waals surface area (Å²) in [4.78, 5) is 25.5. The van der Waals surface area contributed by atoms with Crippen molar-refractivity contribution in [2.45, 2.75) is 43.7 Å². The van der Waals surface area contributed by atoms with Crippen LogP contribution in [0.5, 0.6) is 0 Å². The molecule has 1 fully saturated rings. The van der Waals surface area contributed by atoms with Gasteiger partial charge in [0.1, 0.15) is 11.1 Å². The second-order valence-electron chi connectivity index (χ2n) is 7.51. The molecular weight excluding hydrogens is 440 g/mol. The van der Waals surface area contributed by atoms with Crippen LogP contribution in [-0.4, -0.2) is 65.6 Å². The third kappa shape index (κ3) is 4.61. The summed E-state index contributed by atoms with van der Waals surface area (Å²) in [5, 5.41) is 9.76. The number of hydrogen-bond acceptors (Lipinski definition) is 5. The topological polar surface area (TPSA) is 104 Å². The van der Waals surface area contributed by atoms with Crippen LogP contribution in [0, 0.1) is 0 Å². The van der Waals surface area contributed by atoms with Gasteiger partial charge in [-0.25, -0.2) is 13.2 Å². The minimum Gasteiger partial charge on any atom is -0.480 e. The molecular formula is C17H23BrN2O6S. The van der Waals surface area contributed by atoms with Gasteiger partial charge in [0, 0.05) is 17.6 Å². The molecule has 1 aromatic rings. The lowest BCUT2D eigenvalue weighted by atomic mass is 10.00. The average molecular weight is 463 g/mol. The monoisotopic (exact) mass is 462 g/mol. The Morgan fingerprint density at radius 1 is 1.19 bits per heavy atom. The zero-order valence-corrected chi connectivity index (χ0v) is 18.0. The fourth-order valence-corrected chi connectivity index (χ4v) is 4.75. The van der Waals surface area contributed by atoms with Crippen molar-refractivity contribution in [3.05, 3.63) is 28.7 Å². The molecule has 0 radical (unpaired) electrons. The number of nitrogens with zero attached hydrogens (tertiary/aromatic N) is 2. The molecule has 2 rings (SSSR count). The van der Waals surface area contributed by atoms with Gasteiger partial charge in [-0.1, -0.05) is 15.9 Å². The third-order valence-electron chi connectivity index (χ3n) is 4.14. The van der Waals surface area contributed by atoms with E-state index in [1.54, 1.807) is 32.9 Å². The van der Waals surface area contributed by atoms with Crippen LogP contribution in [0.15, 0.2) is 33.6 Å². The molecule has 1 aromatic carbocycles. The quantitative estimate of drug-likeness (QED) is 0.739. The lowest BCUT2D eigenvalue weighted by molar-refractivity contribution is -0.150. The first-order valence-electron chi connectivity index (χ1n) is 8.27. The van der Waals surface area contributed by atoms with Crippen LogP contribution in [0.2, 0.25) is 0 Å². The van der Waals surface area contributed by atoms with Gasteiger partial charge < -0.3 is 14.7 Å². The Hall–Kier alpha value is -1.65. The molecule has 1 atom stereocenters. The summed E-state index contributed by atoms with van der Waals surface area (Å²) in [6, 6.07) is 5.95. The van der Waals surface area contributed by atoms with Gasteiger partial charge in [0.2, 0.25) is 10.0 Å². The molecule has 10 heteroatoms. The summed E-state index contributed by atoms with van der Waals surface area (Å²) >= 11 is 3.24. The largest absolute Gasteiger partial charge is 0.480 e. The molecule has 1 aliphatic rings. The van der Waals surface area contributed by atoms with Gasteiger partial charge in [-0.05, 0) is 52.0 Å². The first kappa shape index (κ1) is 21.6. The average Bonchev–Trinajstić information content (AvgIpc) is 2.53. The van der Waals surface area contributed by atoms with Crippen molar-refractivity contribution in [3.8, 4) is 0 Å². The fourth-order valence-electron chi connectivity index (χ4n) is 2.76. The minimum atomic E-state index is -4.06. The number of hydrogen-bond donors (Lipinski definition) is 1. The van der Waals surface area contributed by atoms with Gasteiger partial charge in [-0.15, -0.1) is 0 Å². The van der Waals surface area contributed by atoms with Gasteiger partial charge >= 0.3 is 12.1 Å². The standard InChI is InChI=1S/C17H23BrN2O6S/c1-16(2,3)26-15(23)19-9-10-20(17(4,11-19)14(21)22)27(24,25)13-7-5-12(18)6-8-13/h5-8H,9-11H2,1-4H3,(H,21,22). The minimum absolute atomic E-state index is 0.0103. The maximum atomic E-state index is 13.0. The SMILES string of the molecule is CC(C)(C)OC(=O)N1CCN(S(=O)(=O)c2ccc(Br)cc2)C(C)(C(=O)O)C1. The van der Waals surface area contributed by atoms with Crippen molar-refractivity contribution < 1.29 is 27.9 Å². The lowest BCUT2D eigenvalue weighted by Gasteiger charge is -2.45. The summed E-state index contributed by atoms with van der Waals surface area (Å²) in [7, 11) is -4.06. The molecule has 1 saturated heterocycles. The number of amides is 1. The van der Waals surface area contributed by atoms with Crippen molar-refractivity contribution >= 4 is 38.0 Å². The summed E-state index contributed by atoms with van der Waals surface area (Å²) in [5.74, 6) is -1.34. The van der Waals surface area contributed by atoms with Crippen molar-refractivity contribution in [2.24, 2.45) is 0 Å². The number of carbonyl (C=O) groups excluding carboxylic acids is 1. The number of rotatable bonds is 3. The molecule has 0 aromatic heterocycles. The van der Waals surface area contributed by atoms with Gasteiger partial charge in [-0.3, -0.25) is 4.79 Å². The lowest BCUT2D eigenvalue weighted by Crippen LogP contribution is -2.67. The Morgan fingerprint density at radius 2 is 1.74 bits per heavy atom. The maximum Gasteiger partial charge on any atom is 0.410 e. The van der Waals surface area contributed by atoms with E-state index in [1.165, 1.54) is 24.0 Å². The van der Waals surface area contributed by atoms with E-state index in [0.29, 0.717) is 4.47 Å².